The number of carbonyl (C=O) groups is 2. The lowest BCUT2D eigenvalue weighted by Crippen LogP contribution is -2.23. The Balaban J connectivity index is 2.69. The minimum Gasteiger partial charge on any atom is -0.461 e. The van der Waals surface area contributed by atoms with Crippen LogP contribution in [0.1, 0.15) is 33.6 Å². The van der Waals surface area contributed by atoms with E-state index in [1.165, 1.54) is 6.92 Å². The van der Waals surface area contributed by atoms with Crippen molar-refractivity contribution in [3.05, 3.63) is 0 Å². The molecule has 0 aromatic rings. The van der Waals surface area contributed by atoms with Crippen molar-refractivity contribution in [2.75, 3.05) is 0 Å². The highest BCUT2D eigenvalue weighted by Crippen LogP contribution is 2.31. The number of esters is 1. The van der Waals surface area contributed by atoms with E-state index in [2.05, 4.69) is 0 Å². The van der Waals surface area contributed by atoms with Crippen molar-refractivity contribution in [2.45, 2.75) is 39.7 Å². The number of hydrogen-bond donors (Lipinski definition) is 0. The fourth-order valence-corrected chi connectivity index (χ4v) is 1.90. The fourth-order valence-electron chi connectivity index (χ4n) is 1.90. The third kappa shape index (κ3) is 1.90. The molecule has 1 fully saturated rings. The summed E-state index contributed by atoms with van der Waals surface area (Å²) >= 11 is 0. The number of ketones is 1. The van der Waals surface area contributed by atoms with Gasteiger partial charge in [0.25, 0.3) is 0 Å². The van der Waals surface area contributed by atoms with Crippen LogP contribution in [0.5, 0.6) is 0 Å². The van der Waals surface area contributed by atoms with Crippen LogP contribution < -0.4 is 0 Å². The lowest BCUT2D eigenvalue weighted by Gasteiger charge is -2.13. The number of rotatable bonds is 3. The zero-order chi connectivity index (χ0) is 10.0. The van der Waals surface area contributed by atoms with Crippen molar-refractivity contribution in [3.63, 3.8) is 0 Å². The van der Waals surface area contributed by atoms with E-state index in [4.69, 9.17) is 4.74 Å². The zero-order valence-electron chi connectivity index (χ0n) is 8.37. The second kappa shape index (κ2) is 3.90. The summed E-state index contributed by atoms with van der Waals surface area (Å²) in [6.07, 6.45) is 1.79. The van der Waals surface area contributed by atoms with E-state index < -0.39 is 5.92 Å². The predicted octanol–water partition coefficient (Wildman–Crippen LogP) is 1.55. The van der Waals surface area contributed by atoms with Gasteiger partial charge < -0.3 is 4.74 Å². The summed E-state index contributed by atoms with van der Waals surface area (Å²) in [4.78, 5) is 22.4. The molecule has 3 heteroatoms. The molecule has 0 spiro atoms. The Hall–Kier alpha value is -0.860. The van der Waals surface area contributed by atoms with Gasteiger partial charge in [0, 0.05) is 5.92 Å². The largest absolute Gasteiger partial charge is 0.461 e. The van der Waals surface area contributed by atoms with Gasteiger partial charge in [-0.2, -0.15) is 0 Å². The van der Waals surface area contributed by atoms with Crippen LogP contribution in [0.3, 0.4) is 0 Å². The van der Waals surface area contributed by atoms with Crippen LogP contribution in [-0.4, -0.2) is 17.9 Å². The average Bonchev–Trinajstić information content (AvgIpc) is 2.28. The summed E-state index contributed by atoms with van der Waals surface area (Å²) in [7, 11) is 0. The fraction of sp³-hybridized carbons (Fsp3) is 0.800. The first-order valence-electron chi connectivity index (χ1n) is 4.78. The van der Waals surface area contributed by atoms with Gasteiger partial charge in [-0.3, -0.25) is 9.59 Å². The quantitative estimate of drug-likeness (QED) is 0.493. The first-order chi connectivity index (χ1) is 6.07. The molecule has 0 aromatic carbocycles. The Morgan fingerprint density at radius 1 is 1.54 bits per heavy atom. The smallest absolute Gasteiger partial charge is 0.317 e. The van der Waals surface area contributed by atoms with E-state index in [1.807, 2.05) is 13.8 Å². The molecule has 3 nitrogen and oxygen atoms in total. The normalized spacial score (nSPS) is 33.2. The third-order valence-corrected chi connectivity index (χ3v) is 2.64. The Bertz CT molecular complexity index is 222. The standard InChI is InChI=1S/C10H16O3/c1-4-5-8-6(2)9(7(3)11)10(12)13-8/h6,8-9H,4-5H2,1-3H3/t6-,8-,9-/m1/s1. The van der Waals surface area contributed by atoms with Gasteiger partial charge in [0.1, 0.15) is 17.8 Å². The summed E-state index contributed by atoms with van der Waals surface area (Å²) in [5.41, 5.74) is 0. The van der Waals surface area contributed by atoms with Crippen LogP contribution in [0.2, 0.25) is 0 Å². The van der Waals surface area contributed by atoms with E-state index in [0.29, 0.717) is 0 Å². The minimum absolute atomic E-state index is 0.0462. The molecular formula is C10H16O3. The molecule has 1 saturated heterocycles. The molecule has 0 amide bonds. The second-order valence-corrected chi connectivity index (χ2v) is 3.71. The van der Waals surface area contributed by atoms with Crippen molar-refractivity contribution in [2.24, 2.45) is 11.8 Å². The van der Waals surface area contributed by atoms with Crippen molar-refractivity contribution >= 4 is 11.8 Å². The van der Waals surface area contributed by atoms with Gasteiger partial charge in [0.05, 0.1) is 0 Å². The molecule has 0 saturated carbocycles. The molecule has 1 aliphatic heterocycles. The summed E-state index contributed by atoms with van der Waals surface area (Å²) in [5, 5.41) is 0. The number of cyclic esters (lactones) is 1. The van der Waals surface area contributed by atoms with E-state index in [1.54, 1.807) is 0 Å². The molecule has 1 heterocycles. The molecule has 0 unspecified atom stereocenters. The van der Waals surface area contributed by atoms with Gasteiger partial charge in [-0.1, -0.05) is 20.3 Å². The SMILES string of the molecule is CCC[C@H]1OC(=O)[C@@H](C(C)=O)[C@@H]1C. The number of ether oxygens (including phenoxy) is 1. The van der Waals surface area contributed by atoms with Crippen LogP contribution in [0.15, 0.2) is 0 Å². The number of Topliss-reactive ketones (excluding diaryl/α,β-unsaturated/α-hetero) is 1. The van der Waals surface area contributed by atoms with E-state index >= 15 is 0 Å². The summed E-state index contributed by atoms with van der Waals surface area (Å²) in [5.74, 6) is -0.879. The predicted molar refractivity (Wildman–Crippen MR) is 48.1 cm³/mol. The highest BCUT2D eigenvalue weighted by Gasteiger charge is 2.43. The lowest BCUT2D eigenvalue weighted by atomic mass is 9.88. The molecular weight excluding hydrogens is 168 g/mol. The van der Waals surface area contributed by atoms with Crippen LogP contribution in [-0.2, 0) is 14.3 Å². The number of hydrogen-bond acceptors (Lipinski definition) is 3. The van der Waals surface area contributed by atoms with Crippen LogP contribution in [0.4, 0.5) is 0 Å². The molecule has 0 bridgehead atoms. The van der Waals surface area contributed by atoms with Crippen LogP contribution >= 0.6 is 0 Å². The highest BCUT2D eigenvalue weighted by atomic mass is 16.6. The van der Waals surface area contributed by atoms with Gasteiger partial charge in [0.2, 0.25) is 0 Å². The first-order valence-corrected chi connectivity index (χ1v) is 4.78. The highest BCUT2D eigenvalue weighted by molar-refractivity contribution is 5.99. The molecule has 0 radical (unpaired) electrons. The molecule has 0 aliphatic carbocycles. The lowest BCUT2D eigenvalue weighted by molar-refractivity contribution is -0.146. The molecule has 0 N–H and O–H groups in total. The maximum atomic E-state index is 11.3. The molecule has 1 rings (SSSR count). The average molecular weight is 184 g/mol. The monoisotopic (exact) mass is 184 g/mol. The van der Waals surface area contributed by atoms with Gasteiger partial charge >= 0.3 is 5.97 Å². The maximum absolute atomic E-state index is 11.3. The summed E-state index contributed by atoms with van der Waals surface area (Å²) in [6, 6.07) is 0. The Kier molecular flexibility index (Phi) is 3.07. The van der Waals surface area contributed by atoms with E-state index in [-0.39, 0.29) is 23.8 Å². The molecule has 3 atom stereocenters. The van der Waals surface area contributed by atoms with Crippen molar-refractivity contribution in [1.29, 1.82) is 0 Å². The molecule has 13 heavy (non-hydrogen) atoms. The summed E-state index contributed by atoms with van der Waals surface area (Å²) < 4.78 is 5.13. The molecule has 1 aliphatic rings. The zero-order valence-corrected chi connectivity index (χ0v) is 8.37. The third-order valence-electron chi connectivity index (χ3n) is 2.64. The maximum Gasteiger partial charge on any atom is 0.317 e. The van der Waals surface area contributed by atoms with Gasteiger partial charge in [-0.15, -0.1) is 0 Å². The molecule has 0 aromatic heterocycles. The molecule has 74 valence electrons. The van der Waals surface area contributed by atoms with Gasteiger partial charge in [-0.05, 0) is 13.3 Å². The Morgan fingerprint density at radius 3 is 2.54 bits per heavy atom. The van der Waals surface area contributed by atoms with Gasteiger partial charge in [0.15, 0.2) is 0 Å². The second-order valence-electron chi connectivity index (χ2n) is 3.71. The van der Waals surface area contributed by atoms with Gasteiger partial charge in [-0.25, -0.2) is 0 Å². The number of carbonyl (C=O) groups excluding carboxylic acids is 2. The Morgan fingerprint density at radius 2 is 2.15 bits per heavy atom. The van der Waals surface area contributed by atoms with Crippen LogP contribution in [0.25, 0.3) is 0 Å². The summed E-state index contributed by atoms with van der Waals surface area (Å²) in [6.45, 7) is 5.41. The van der Waals surface area contributed by atoms with Crippen molar-refractivity contribution < 1.29 is 14.3 Å². The first kappa shape index (κ1) is 10.2. The van der Waals surface area contributed by atoms with Crippen molar-refractivity contribution in [3.8, 4) is 0 Å². The van der Waals surface area contributed by atoms with E-state index in [0.717, 1.165) is 12.8 Å². The van der Waals surface area contributed by atoms with E-state index in [9.17, 15) is 9.59 Å². The van der Waals surface area contributed by atoms with Crippen molar-refractivity contribution in [1.82, 2.24) is 0 Å². The topological polar surface area (TPSA) is 43.4 Å². The van der Waals surface area contributed by atoms with Crippen LogP contribution in [0, 0.1) is 11.8 Å². The minimum atomic E-state index is -0.517. The Labute approximate surface area is 78.5 Å².